The van der Waals surface area contributed by atoms with Gasteiger partial charge in [0.2, 0.25) is 0 Å². The van der Waals surface area contributed by atoms with Crippen molar-refractivity contribution in [3.05, 3.63) is 35.9 Å². The normalized spacial score (nSPS) is 15.8. The number of aryl methyl sites for hydroxylation is 1. The van der Waals surface area contributed by atoms with E-state index in [1.807, 2.05) is 0 Å². The van der Waals surface area contributed by atoms with Crippen molar-refractivity contribution in [3.63, 3.8) is 0 Å². The molecule has 0 aliphatic carbocycles. The molecule has 1 unspecified atom stereocenters. The Morgan fingerprint density at radius 3 is 1.45 bits per heavy atom. The molecular weight excluding hydrogens is 598 g/mol. The topological polar surface area (TPSA) is 29.1 Å². The van der Waals surface area contributed by atoms with E-state index in [-0.39, 0.29) is 12.8 Å². The van der Waals surface area contributed by atoms with Gasteiger partial charge in [0.25, 0.3) is 5.91 Å². The van der Waals surface area contributed by atoms with Crippen LogP contribution < -0.4 is 5.32 Å². The first-order valence-electron chi connectivity index (χ1n) is 9.71. The number of nitrogens with one attached hydrogen (secondary N) is 1. The highest BCUT2D eigenvalue weighted by Crippen LogP contribution is 2.64. The molecular formula is C19H14ClF16NO. The lowest BCUT2D eigenvalue weighted by atomic mass is 9.89. The molecule has 1 aromatic rings. The van der Waals surface area contributed by atoms with Gasteiger partial charge in [-0.2, -0.15) is 70.2 Å². The van der Waals surface area contributed by atoms with Crippen molar-refractivity contribution in [1.82, 2.24) is 5.32 Å². The molecule has 0 aliphatic rings. The fraction of sp³-hybridized carbons (Fsp3) is 0.632. The Morgan fingerprint density at radius 1 is 0.684 bits per heavy atom. The first kappa shape index (κ1) is 33.9. The van der Waals surface area contributed by atoms with E-state index >= 15 is 0 Å². The van der Waals surface area contributed by atoms with Crippen LogP contribution in [0.2, 0.25) is 0 Å². The van der Waals surface area contributed by atoms with E-state index in [9.17, 15) is 75.0 Å². The quantitative estimate of drug-likeness (QED) is 0.194. The van der Waals surface area contributed by atoms with Gasteiger partial charge >= 0.3 is 46.8 Å². The van der Waals surface area contributed by atoms with Crippen molar-refractivity contribution in [2.24, 2.45) is 0 Å². The maximum Gasteiger partial charge on any atom is 0.393 e. The molecule has 1 amide bonds. The largest absolute Gasteiger partial charge is 0.393 e. The summed E-state index contributed by atoms with van der Waals surface area (Å²) in [5, 5.41) is -5.84. The van der Waals surface area contributed by atoms with Crippen molar-refractivity contribution >= 4 is 17.5 Å². The van der Waals surface area contributed by atoms with Crippen LogP contribution in [0.4, 0.5) is 70.2 Å². The van der Waals surface area contributed by atoms with Crippen molar-refractivity contribution in [2.45, 2.75) is 72.6 Å². The fourth-order valence-corrected chi connectivity index (χ4v) is 2.84. The average molecular weight is 612 g/mol. The molecule has 0 spiro atoms. The number of halogens is 17. The van der Waals surface area contributed by atoms with Gasteiger partial charge in [0, 0.05) is 6.04 Å². The van der Waals surface area contributed by atoms with E-state index in [4.69, 9.17) is 0 Å². The lowest BCUT2D eigenvalue weighted by Gasteiger charge is -2.42. The van der Waals surface area contributed by atoms with E-state index in [1.54, 1.807) is 6.07 Å². The number of amides is 1. The second-order valence-corrected chi connectivity index (χ2v) is 8.39. The zero-order valence-electron chi connectivity index (χ0n) is 18.2. The molecule has 0 bridgehead atoms. The number of hydrogen-bond acceptors (Lipinski definition) is 1. The monoisotopic (exact) mass is 611 g/mol. The first-order valence-corrected chi connectivity index (χ1v) is 10.1. The zero-order chi connectivity index (χ0) is 30.4. The van der Waals surface area contributed by atoms with Crippen LogP contribution in [0.25, 0.3) is 0 Å². The minimum atomic E-state index is -8.61. The Morgan fingerprint density at radius 2 is 1.05 bits per heavy atom. The molecule has 1 N–H and O–H groups in total. The highest BCUT2D eigenvalue weighted by Gasteiger charge is 2.95. The van der Waals surface area contributed by atoms with Crippen molar-refractivity contribution in [2.75, 3.05) is 0 Å². The van der Waals surface area contributed by atoms with Gasteiger partial charge in [-0.1, -0.05) is 30.3 Å². The number of alkyl halides is 17. The molecule has 220 valence electrons. The third-order valence-electron chi connectivity index (χ3n) is 5.09. The number of rotatable bonds is 12. The standard InChI is InChI=1S/C19H14ClF16NO/c1-9(7-8-10-5-3-2-4-6-10)37-11(38)12(21,22)13(23,24)14(25,26)15(27,28)16(29,30)17(31,32)18(33,34)19(20,35)36/h2-6,9H,7-8H2,1H3,(H,37,38). The minimum absolute atomic E-state index is 0.0563. The van der Waals surface area contributed by atoms with Gasteiger partial charge in [0.15, 0.2) is 0 Å². The molecule has 0 heterocycles. The van der Waals surface area contributed by atoms with Gasteiger partial charge < -0.3 is 5.32 Å². The van der Waals surface area contributed by atoms with Crippen LogP contribution in [-0.4, -0.2) is 58.8 Å². The van der Waals surface area contributed by atoms with Crippen LogP contribution in [0, 0.1) is 0 Å². The lowest BCUT2D eigenvalue weighted by Crippen LogP contribution is -2.75. The Kier molecular flexibility index (Phi) is 9.02. The number of carbonyl (C=O) groups is 1. The highest BCUT2D eigenvalue weighted by atomic mass is 35.5. The van der Waals surface area contributed by atoms with Gasteiger partial charge in [-0.3, -0.25) is 4.79 Å². The van der Waals surface area contributed by atoms with E-state index < -0.39 is 58.8 Å². The molecule has 0 aromatic heterocycles. The summed E-state index contributed by atoms with van der Waals surface area (Å²) < 4.78 is 216. The Balaban J connectivity index is 3.34. The number of hydrogen-bond donors (Lipinski definition) is 1. The van der Waals surface area contributed by atoms with Crippen LogP contribution in [0.5, 0.6) is 0 Å². The molecule has 1 rings (SSSR count). The molecule has 0 saturated heterocycles. The molecule has 38 heavy (non-hydrogen) atoms. The van der Waals surface area contributed by atoms with Crippen molar-refractivity contribution in [3.8, 4) is 0 Å². The second-order valence-electron chi connectivity index (χ2n) is 7.92. The fourth-order valence-electron chi connectivity index (χ4n) is 2.72. The predicted molar refractivity (Wildman–Crippen MR) is 97.8 cm³/mol. The summed E-state index contributed by atoms with van der Waals surface area (Å²) in [5.41, 5.74) is 0.486. The maximum absolute atomic E-state index is 14.0. The summed E-state index contributed by atoms with van der Waals surface area (Å²) in [7, 11) is 0. The Hall–Kier alpha value is -2.14. The average Bonchev–Trinajstić information content (AvgIpc) is 2.76. The molecule has 1 atom stereocenters. The van der Waals surface area contributed by atoms with Crippen LogP contribution in [-0.2, 0) is 11.2 Å². The minimum Gasteiger partial charge on any atom is -0.348 e. The molecule has 2 nitrogen and oxygen atoms in total. The molecule has 0 saturated carbocycles. The first-order chi connectivity index (χ1) is 16.6. The van der Waals surface area contributed by atoms with Gasteiger partial charge in [-0.25, -0.2) is 0 Å². The molecule has 0 radical (unpaired) electrons. The predicted octanol–water partition coefficient (Wildman–Crippen LogP) is 7.40. The highest BCUT2D eigenvalue weighted by molar-refractivity contribution is 6.22. The summed E-state index contributed by atoms with van der Waals surface area (Å²) in [5.74, 6) is -60.3. The molecule has 0 aliphatic heterocycles. The lowest BCUT2D eigenvalue weighted by molar-refractivity contribution is -0.446. The maximum atomic E-state index is 14.0. The zero-order valence-corrected chi connectivity index (χ0v) is 19.0. The van der Waals surface area contributed by atoms with E-state index in [0.717, 1.165) is 12.2 Å². The summed E-state index contributed by atoms with van der Waals surface area (Å²) in [4.78, 5) is 11.6. The summed E-state index contributed by atoms with van der Waals surface area (Å²) >= 11 is 3.45. The molecule has 19 heteroatoms. The number of benzene rings is 1. The van der Waals surface area contributed by atoms with Gasteiger partial charge in [-0.15, -0.1) is 0 Å². The summed E-state index contributed by atoms with van der Waals surface area (Å²) in [6.45, 7) is 0.838. The van der Waals surface area contributed by atoms with Gasteiger partial charge in [0.05, 0.1) is 0 Å². The van der Waals surface area contributed by atoms with Gasteiger partial charge in [-0.05, 0) is 36.9 Å². The van der Waals surface area contributed by atoms with E-state index in [0.29, 0.717) is 5.56 Å². The Bertz CT molecular complexity index is 977. The third-order valence-corrected chi connectivity index (χ3v) is 5.33. The smallest absolute Gasteiger partial charge is 0.348 e. The summed E-state index contributed by atoms with van der Waals surface area (Å²) in [6.07, 6.45) is -0.421. The summed E-state index contributed by atoms with van der Waals surface area (Å²) in [6, 6.07) is 5.90. The second kappa shape index (κ2) is 10.1. The van der Waals surface area contributed by atoms with E-state index in [2.05, 4.69) is 11.6 Å². The van der Waals surface area contributed by atoms with Crippen molar-refractivity contribution < 1.29 is 75.0 Å². The molecule has 0 fully saturated rings. The van der Waals surface area contributed by atoms with Crippen LogP contribution in [0.15, 0.2) is 30.3 Å². The van der Waals surface area contributed by atoms with Crippen LogP contribution in [0.3, 0.4) is 0 Å². The van der Waals surface area contributed by atoms with Crippen molar-refractivity contribution in [1.29, 1.82) is 0 Å². The van der Waals surface area contributed by atoms with Gasteiger partial charge in [0.1, 0.15) is 0 Å². The Labute approximate surface area is 207 Å². The SMILES string of the molecule is CC(CCc1ccccc1)NC(=O)C(F)(F)C(F)(F)C(F)(F)C(F)(F)C(F)(F)C(F)(F)C(F)(F)C(F)(F)Cl. The van der Waals surface area contributed by atoms with Crippen LogP contribution >= 0.6 is 11.6 Å². The number of carbonyl (C=O) groups excluding carboxylic acids is 1. The third kappa shape index (κ3) is 5.20. The molecule has 1 aromatic carbocycles. The van der Waals surface area contributed by atoms with Crippen LogP contribution in [0.1, 0.15) is 18.9 Å². The van der Waals surface area contributed by atoms with E-state index in [1.165, 1.54) is 24.3 Å².